The van der Waals surface area contributed by atoms with E-state index < -0.39 is 0 Å². The van der Waals surface area contributed by atoms with Crippen molar-refractivity contribution in [2.45, 2.75) is 19.3 Å². The van der Waals surface area contributed by atoms with Crippen molar-refractivity contribution in [1.29, 1.82) is 0 Å². The van der Waals surface area contributed by atoms with Gasteiger partial charge in [-0.1, -0.05) is 105 Å². The Morgan fingerprint density at radius 1 is 0.617 bits per heavy atom. The Bertz CT molecular complexity index is 2580. The zero-order valence-corrected chi connectivity index (χ0v) is 26.0. The number of fused-ring (bicyclic) bond motifs is 11. The molecule has 0 bridgehead atoms. The predicted octanol–water partition coefficient (Wildman–Crippen LogP) is 10.6. The molecule has 47 heavy (non-hydrogen) atoms. The highest BCUT2D eigenvalue weighted by atomic mass is 16.1. The maximum Gasteiger partial charge on any atom is 0.195 e. The summed E-state index contributed by atoms with van der Waals surface area (Å²) in [5, 5.41) is 2.36. The topological polar surface area (TPSA) is 38.1 Å². The van der Waals surface area contributed by atoms with Gasteiger partial charge in [0.25, 0.3) is 0 Å². The SMILES string of the molecule is CC1(C)c2ccccc2N(c2cc3c(cn2)-c2cc4cccccc-4c2C3=O)c2c1ccc1c2c2ccccc2n1-c1ccccc1. The number of hydrogen-bond donors (Lipinski definition) is 0. The molecule has 6 aromatic rings. The van der Waals surface area contributed by atoms with Gasteiger partial charge in [0.2, 0.25) is 0 Å². The molecule has 0 unspecified atom stereocenters. The van der Waals surface area contributed by atoms with E-state index in [1.54, 1.807) is 0 Å². The second-order valence-electron chi connectivity index (χ2n) is 13.2. The number of pyridine rings is 1. The largest absolute Gasteiger partial charge is 0.309 e. The number of benzene rings is 4. The summed E-state index contributed by atoms with van der Waals surface area (Å²) in [6.45, 7) is 4.62. The Morgan fingerprint density at radius 3 is 2.23 bits per heavy atom. The third kappa shape index (κ3) is 3.42. The first kappa shape index (κ1) is 26.2. The average molecular weight is 604 g/mol. The molecule has 4 nitrogen and oxygen atoms in total. The molecule has 222 valence electrons. The Kier molecular flexibility index (Phi) is 5.18. The first-order valence-corrected chi connectivity index (χ1v) is 16.1. The van der Waals surface area contributed by atoms with Crippen LogP contribution in [0.2, 0.25) is 0 Å². The lowest BCUT2D eigenvalue weighted by atomic mass is 9.73. The zero-order valence-electron chi connectivity index (χ0n) is 26.0. The van der Waals surface area contributed by atoms with Crippen molar-refractivity contribution in [3.8, 4) is 27.9 Å². The van der Waals surface area contributed by atoms with Crippen molar-refractivity contribution in [2.24, 2.45) is 0 Å². The van der Waals surface area contributed by atoms with E-state index in [4.69, 9.17) is 4.98 Å². The summed E-state index contributed by atoms with van der Waals surface area (Å²) in [4.78, 5) is 21.6. The summed E-state index contributed by atoms with van der Waals surface area (Å²) in [7, 11) is 0. The van der Waals surface area contributed by atoms with Crippen molar-refractivity contribution >= 4 is 44.8 Å². The number of ketones is 1. The Labute approximate surface area is 272 Å². The van der Waals surface area contributed by atoms with Crippen molar-refractivity contribution < 1.29 is 4.79 Å². The highest BCUT2D eigenvalue weighted by Gasteiger charge is 2.40. The van der Waals surface area contributed by atoms with Crippen LogP contribution in [0.15, 0.2) is 140 Å². The number of anilines is 3. The molecule has 4 aromatic carbocycles. The maximum absolute atomic E-state index is 14.2. The first-order chi connectivity index (χ1) is 23.0. The van der Waals surface area contributed by atoms with E-state index >= 15 is 0 Å². The fourth-order valence-electron chi connectivity index (χ4n) is 8.18. The van der Waals surface area contributed by atoms with Gasteiger partial charge in [0.1, 0.15) is 5.82 Å². The highest BCUT2D eigenvalue weighted by Crippen LogP contribution is 2.56. The van der Waals surface area contributed by atoms with Crippen LogP contribution in [0, 0.1) is 0 Å². The maximum atomic E-state index is 14.2. The number of rotatable bonds is 2. The number of aromatic nitrogens is 2. The summed E-state index contributed by atoms with van der Waals surface area (Å²) in [6.07, 6.45) is 1.91. The standard InChI is InChI=1S/C43H29N3O/c1-43(2)33-18-10-12-20-36(33)46(38-24-31-32(25-44-38)30-23-26-13-5-3-8-16-28(26)39(30)42(31)47)41-34(43)21-22-37-40(41)29-17-9-11-19-35(29)45(37)27-14-6-4-7-15-27/h3-25H,1-2H3. The van der Waals surface area contributed by atoms with Gasteiger partial charge in [-0.2, -0.15) is 0 Å². The third-order valence-electron chi connectivity index (χ3n) is 10.3. The van der Waals surface area contributed by atoms with Crippen molar-refractivity contribution in [3.63, 3.8) is 0 Å². The van der Waals surface area contributed by atoms with E-state index in [1.165, 1.54) is 21.9 Å². The van der Waals surface area contributed by atoms with Crippen LogP contribution in [0.3, 0.4) is 0 Å². The van der Waals surface area contributed by atoms with Crippen molar-refractivity contribution in [3.05, 3.63) is 162 Å². The highest BCUT2D eigenvalue weighted by molar-refractivity contribution is 6.26. The van der Waals surface area contributed by atoms with Crippen LogP contribution < -0.4 is 4.90 Å². The van der Waals surface area contributed by atoms with Crippen LogP contribution in [0.5, 0.6) is 0 Å². The van der Waals surface area contributed by atoms with Gasteiger partial charge in [-0.3, -0.25) is 9.69 Å². The number of carbonyl (C=O) groups excluding carboxylic acids is 1. The molecule has 10 rings (SSSR count). The van der Waals surface area contributed by atoms with E-state index in [0.29, 0.717) is 5.56 Å². The van der Waals surface area contributed by atoms with Crippen molar-refractivity contribution in [2.75, 3.05) is 4.90 Å². The fourth-order valence-corrected chi connectivity index (χ4v) is 8.18. The number of para-hydroxylation sites is 3. The lowest BCUT2D eigenvalue weighted by molar-refractivity contribution is 0.104. The van der Waals surface area contributed by atoms with E-state index in [1.807, 2.05) is 36.5 Å². The van der Waals surface area contributed by atoms with Crippen molar-refractivity contribution in [1.82, 2.24) is 9.55 Å². The normalized spacial score (nSPS) is 14.3. The zero-order chi connectivity index (χ0) is 31.4. The Hall–Kier alpha value is -6.00. The average Bonchev–Trinajstić information content (AvgIpc) is 3.65. The second kappa shape index (κ2) is 9.27. The number of carbonyl (C=O) groups is 1. The lowest BCUT2D eigenvalue weighted by Gasteiger charge is -2.42. The summed E-state index contributed by atoms with van der Waals surface area (Å²) in [5.41, 5.74) is 13.2. The van der Waals surface area contributed by atoms with Gasteiger partial charge < -0.3 is 4.57 Å². The molecule has 0 amide bonds. The smallest absolute Gasteiger partial charge is 0.195 e. The molecule has 0 radical (unpaired) electrons. The van der Waals surface area contributed by atoms with Gasteiger partial charge in [0, 0.05) is 44.8 Å². The number of nitrogens with zero attached hydrogens (tertiary/aromatic N) is 3. The summed E-state index contributed by atoms with van der Waals surface area (Å²) < 4.78 is 2.36. The molecule has 0 fully saturated rings. The van der Waals surface area contributed by atoms with E-state index in [0.717, 1.165) is 61.7 Å². The summed E-state index contributed by atoms with van der Waals surface area (Å²) >= 11 is 0. The molecule has 2 aromatic heterocycles. The van der Waals surface area contributed by atoms with Crippen LogP contribution >= 0.6 is 0 Å². The van der Waals surface area contributed by atoms with E-state index in [-0.39, 0.29) is 11.2 Å². The van der Waals surface area contributed by atoms with Gasteiger partial charge in [-0.25, -0.2) is 4.98 Å². The van der Waals surface area contributed by atoms with Crippen LogP contribution in [-0.2, 0) is 5.41 Å². The summed E-state index contributed by atoms with van der Waals surface area (Å²) in [6, 6.07) is 46.7. The molecule has 4 aliphatic rings. The molecule has 4 heteroatoms. The summed E-state index contributed by atoms with van der Waals surface area (Å²) in [5.74, 6) is 0.801. The van der Waals surface area contributed by atoms with E-state index in [2.05, 4.69) is 126 Å². The van der Waals surface area contributed by atoms with Gasteiger partial charge in [0.15, 0.2) is 5.78 Å². The fraction of sp³-hybridized carbons (Fsp3) is 0.0698. The van der Waals surface area contributed by atoms with Gasteiger partial charge >= 0.3 is 0 Å². The predicted molar refractivity (Wildman–Crippen MR) is 191 cm³/mol. The monoisotopic (exact) mass is 603 g/mol. The van der Waals surface area contributed by atoms with Gasteiger partial charge in [-0.15, -0.1) is 0 Å². The second-order valence-corrected chi connectivity index (χ2v) is 13.2. The minimum Gasteiger partial charge on any atom is -0.309 e. The third-order valence-corrected chi connectivity index (χ3v) is 10.3. The van der Waals surface area contributed by atoms with Gasteiger partial charge in [0.05, 0.1) is 22.4 Å². The Morgan fingerprint density at radius 2 is 1.36 bits per heavy atom. The molecule has 0 N–H and O–H groups in total. The number of hydrogen-bond acceptors (Lipinski definition) is 3. The first-order valence-electron chi connectivity index (χ1n) is 16.1. The minimum absolute atomic E-state index is 0.0598. The van der Waals surface area contributed by atoms with E-state index in [9.17, 15) is 4.79 Å². The van der Waals surface area contributed by atoms with Crippen LogP contribution in [-0.4, -0.2) is 15.3 Å². The van der Waals surface area contributed by atoms with Gasteiger partial charge in [-0.05, 0) is 70.3 Å². The molecule has 3 heterocycles. The quantitative estimate of drug-likeness (QED) is 0.197. The lowest BCUT2D eigenvalue weighted by Crippen LogP contribution is -2.31. The minimum atomic E-state index is -0.268. The molecule has 0 saturated carbocycles. The van der Waals surface area contributed by atoms with Crippen LogP contribution in [0.4, 0.5) is 17.2 Å². The van der Waals surface area contributed by atoms with Crippen LogP contribution in [0.25, 0.3) is 49.7 Å². The molecule has 3 aliphatic carbocycles. The molecule has 0 spiro atoms. The Balaban J connectivity index is 1.28. The molecule has 0 saturated heterocycles. The molecular weight excluding hydrogens is 574 g/mol. The molecular formula is C43H29N3O. The van der Waals surface area contributed by atoms with Crippen LogP contribution in [0.1, 0.15) is 40.9 Å². The molecule has 0 atom stereocenters. The molecule has 1 aliphatic heterocycles.